The van der Waals surface area contributed by atoms with E-state index in [1.807, 2.05) is 53.4 Å². The topological polar surface area (TPSA) is 124 Å². The van der Waals surface area contributed by atoms with Gasteiger partial charge in [0.05, 0.1) is 0 Å². The Morgan fingerprint density at radius 1 is 0.976 bits per heavy atom. The molecule has 0 spiro atoms. The van der Waals surface area contributed by atoms with Crippen molar-refractivity contribution in [2.24, 2.45) is 5.92 Å². The Labute approximate surface area is 252 Å². The number of rotatable bonds is 14. The van der Waals surface area contributed by atoms with Gasteiger partial charge in [0.15, 0.2) is 5.82 Å². The van der Waals surface area contributed by atoms with Gasteiger partial charge in [-0.15, -0.1) is 5.10 Å². The first-order valence-corrected chi connectivity index (χ1v) is 14.9. The molecule has 9 nitrogen and oxygen atoms in total. The van der Waals surface area contributed by atoms with Crippen molar-refractivity contribution in [3.63, 3.8) is 0 Å². The second-order valence-corrected chi connectivity index (χ2v) is 10.8. The van der Waals surface area contributed by atoms with Crippen LogP contribution in [-0.2, 0) is 22.6 Å². The molecule has 4 rings (SSSR count). The number of carbonyl (C=O) groups excluding carboxylic acids is 2. The average Bonchev–Trinajstić information content (AvgIpc) is 3.56. The third-order valence-corrected chi connectivity index (χ3v) is 7.77. The molecule has 3 N–H and O–H groups in total. The number of amides is 2. The minimum absolute atomic E-state index is 0.133. The smallest absolute Gasteiger partial charge is 0.245 e. The summed E-state index contributed by atoms with van der Waals surface area (Å²) in [6.45, 7) is 4.92. The largest absolute Gasteiger partial charge is 0.508 e. The lowest BCUT2D eigenvalue weighted by Crippen LogP contribution is -2.51. The first-order chi connectivity index (χ1) is 20.4. The van der Waals surface area contributed by atoms with E-state index in [4.69, 9.17) is 0 Å². The fraction of sp³-hybridized carbons (Fsp3) is 0.344. The molecule has 10 heteroatoms. The Morgan fingerprint density at radius 3 is 2.31 bits per heavy atom. The van der Waals surface area contributed by atoms with E-state index < -0.39 is 6.04 Å². The van der Waals surface area contributed by atoms with Crippen LogP contribution in [-0.4, -0.2) is 60.8 Å². The number of hydrogen-bond acceptors (Lipinski definition) is 7. The lowest BCUT2D eigenvalue weighted by Gasteiger charge is -2.29. The Bertz CT molecular complexity index is 1430. The standard InChI is InChI=1S/C32H38N6O3S/c1-3-4-7-18-38(32(41)29(33-31(40)22(2)21-42)19-23-12-16-26(39)17-13-23)20-24-10-14-25(15-11-24)27-8-5-6-9-28(27)30-34-36-37-35-30/h5-6,8-17,22,29,39,42H,3-4,7,18-21H2,1-2H3,(H,33,40)(H,34,35,36,37)/t22?,29-/m0/s1. The number of unbranched alkanes of at least 4 members (excludes halogenated alkanes) is 2. The number of benzene rings is 3. The highest BCUT2D eigenvalue weighted by molar-refractivity contribution is 7.80. The molecule has 220 valence electrons. The molecule has 2 atom stereocenters. The lowest BCUT2D eigenvalue weighted by molar-refractivity contribution is -0.137. The van der Waals surface area contributed by atoms with Gasteiger partial charge in [0, 0.05) is 36.7 Å². The molecule has 0 aliphatic carbocycles. The minimum atomic E-state index is -0.743. The van der Waals surface area contributed by atoms with E-state index in [1.54, 1.807) is 31.2 Å². The van der Waals surface area contributed by atoms with Crippen LogP contribution < -0.4 is 5.32 Å². The first-order valence-electron chi connectivity index (χ1n) is 14.3. The molecule has 0 fully saturated rings. The van der Waals surface area contributed by atoms with Crippen LogP contribution >= 0.6 is 12.6 Å². The van der Waals surface area contributed by atoms with Crippen molar-refractivity contribution in [1.82, 2.24) is 30.8 Å². The summed E-state index contributed by atoms with van der Waals surface area (Å²) >= 11 is 4.27. The Balaban J connectivity index is 1.57. The number of carbonyl (C=O) groups is 2. The molecule has 0 radical (unpaired) electrons. The summed E-state index contributed by atoms with van der Waals surface area (Å²) in [5.74, 6) is 0.455. The maximum atomic E-state index is 14.0. The van der Waals surface area contributed by atoms with Gasteiger partial charge in [-0.2, -0.15) is 12.6 Å². The van der Waals surface area contributed by atoms with E-state index in [0.29, 0.717) is 31.1 Å². The maximum Gasteiger partial charge on any atom is 0.245 e. The van der Waals surface area contributed by atoms with E-state index in [1.165, 1.54) is 0 Å². The van der Waals surface area contributed by atoms with E-state index in [2.05, 4.69) is 45.5 Å². The van der Waals surface area contributed by atoms with E-state index in [9.17, 15) is 14.7 Å². The van der Waals surface area contributed by atoms with E-state index >= 15 is 0 Å². The monoisotopic (exact) mass is 586 g/mol. The Morgan fingerprint density at radius 2 is 1.67 bits per heavy atom. The summed E-state index contributed by atoms with van der Waals surface area (Å²) in [7, 11) is 0. The van der Waals surface area contributed by atoms with E-state index in [-0.39, 0.29) is 23.5 Å². The lowest BCUT2D eigenvalue weighted by atomic mass is 9.98. The van der Waals surface area contributed by atoms with Crippen molar-refractivity contribution < 1.29 is 14.7 Å². The molecular weight excluding hydrogens is 548 g/mol. The van der Waals surface area contributed by atoms with Gasteiger partial charge in [0.2, 0.25) is 11.8 Å². The summed E-state index contributed by atoms with van der Waals surface area (Å²) < 4.78 is 0. The number of phenols is 1. The number of aromatic hydroxyl groups is 1. The number of hydrogen-bond donors (Lipinski definition) is 4. The number of nitrogens with one attached hydrogen (secondary N) is 2. The molecule has 1 unspecified atom stereocenters. The normalized spacial score (nSPS) is 12.5. The zero-order chi connectivity index (χ0) is 29.9. The summed E-state index contributed by atoms with van der Waals surface area (Å²) in [5, 5.41) is 27.0. The molecular formula is C32H38N6O3S. The van der Waals surface area contributed by atoms with Crippen LogP contribution in [0, 0.1) is 5.92 Å². The van der Waals surface area contributed by atoms with Gasteiger partial charge in [0.1, 0.15) is 11.8 Å². The number of thiol groups is 1. The summed E-state index contributed by atoms with van der Waals surface area (Å²) in [5.41, 5.74) is 4.74. The van der Waals surface area contributed by atoms with Crippen LogP contribution in [0.15, 0.2) is 72.8 Å². The maximum absolute atomic E-state index is 14.0. The molecule has 3 aromatic carbocycles. The zero-order valence-electron chi connectivity index (χ0n) is 24.0. The van der Waals surface area contributed by atoms with Crippen molar-refractivity contribution in [2.45, 2.75) is 52.1 Å². The summed E-state index contributed by atoms with van der Waals surface area (Å²) in [4.78, 5) is 28.8. The fourth-order valence-corrected chi connectivity index (χ4v) is 4.90. The number of H-pyrrole nitrogens is 1. The molecule has 0 saturated heterocycles. The highest BCUT2D eigenvalue weighted by Gasteiger charge is 2.28. The summed E-state index contributed by atoms with van der Waals surface area (Å²) in [6.07, 6.45) is 3.22. The van der Waals surface area contributed by atoms with Gasteiger partial charge in [-0.05, 0) is 51.2 Å². The zero-order valence-corrected chi connectivity index (χ0v) is 24.9. The second-order valence-electron chi connectivity index (χ2n) is 10.5. The van der Waals surface area contributed by atoms with Gasteiger partial charge in [0.25, 0.3) is 0 Å². The van der Waals surface area contributed by atoms with Gasteiger partial charge >= 0.3 is 0 Å². The first kappa shape index (κ1) is 30.8. The molecule has 1 heterocycles. The van der Waals surface area contributed by atoms with Gasteiger partial charge in [-0.3, -0.25) is 9.59 Å². The number of aromatic nitrogens is 4. The minimum Gasteiger partial charge on any atom is -0.508 e. The predicted octanol–water partition coefficient (Wildman–Crippen LogP) is 5.05. The highest BCUT2D eigenvalue weighted by Crippen LogP contribution is 2.30. The molecule has 0 bridgehead atoms. The van der Waals surface area contributed by atoms with Crippen LogP contribution in [0.4, 0.5) is 0 Å². The quantitative estimate of drug-likeness (QED) is 0.121. The molecule has 2 amide bonds. The fourth-order valence-electron chi connectivity index (χ4n) is 4.73. The number of tetrazole rings is 1. The Hall–Kier alpha value is -4.18. The van der Waals surface area contributed by atoms with Gasteiger partial charge < -0.3 is 15.3 Å². The average molecular weight is 587 g/mol. The SMILES string of the molecule is CCCCCN(Cc1ccc(-c2ccccc2-c2nnn[nH]2)cc1)C(=O)[C@H](Cc1ccc(O)cc1)NC(=O)C(C)CS. The van der Waals surface area contributed by atoms with Gasteiger partial charge in [-0.25, -0.2) is 5.10 Å². The second kappa shape index (κ2) is 15.2. The van der Waals surface area contributed by atoms with Crippen molar-refractivity contribution in [1.29, 1.82) is 0 Å². The highest BCUT2D eigenvalue weighted by atomic mass is 32.1. The molecule has 0 saturated carbocycles. The molecule has 4 aromatic rings. The number of nitrogens with zero attached hydrogens (tertiary/aromatic N) is 4. The van der Waals surface area contributed by atoms with Crippen LogP contribution in [0.25, 0.3) is 22.5 Å². The van der Waals surface area contributed by atoms with Crippen molar-refractivity contribution in [3.05, 3.63) is 83.9 Å². The van der Waals surface area contributed by atoms with Crippen LogP contribution in [0.3, 0.4) is 0 Å². The van der Waals surface area contributed by atoms with Crippen LogP contribution in [0.2, 0.25) is 0 Å². The molecule has 1 aromatic heterocycles. The van der Waals surface area contributed by atoms with Crippen molar-refractivity contribution in [3.8, 4) is 28.3 Å². The Kier molecular flexibility index (Phi) is 11.1. The third-order valence-electron chi connectivity index (χ3n) is 7.22. The van der Waals surface area contributed by atoms with E-state index in [0.717, 1.165) is 47.1 Å². The number of aromatic amines is 1. The number of phenolic OH excluding ortho intramolecular Hbond substituents is 1. The molecule has 42 heavy (non-hydrogen) atoms. The molecule has 0 aliphatic heterocycles. The predicted molar refractivity (Wildman–Crippen MR) is 167 cm³/mol. The molecule has 0 aliphatic rings. The van der Waals surface area contributed by atoms with Crippen molar-refractivity contribution in [2.75, 3.05) is 12.3 Å². The summed E-state index contributed by atoms with van der Waals surface area (Å²) in [6, 6.07) is 22.0. The van der Waals surface area contributed by atoms with Gasteiger partial charge in [-0.1, -0.05) is 87.4 Å². The third kappa shape index (κ3) is 8.19. The van der Waals surface area contributed by atoms with Crippen LogP contribution in [0.5, 0.6) is 5.75 Å². The van der Waals surface area contributed by atoms with Crippen molar-refractivity contribution >= 4 is 24.4 Å². The van der Waals surface area contributed by atoms with Crippen LogP contribution in [0.1, 0.15) is 44.2 Å².